The Morgan fingerprint density at radius 3 is 2.38 bits per heavy atom. The number of rotatable bonds is 7. The summed E-state index contributed by atoms with van der Waals surface area (Å²) in [6, 6.07) is 7.63. The second-order valence-electron chi connectivity index (χ2n) is 6.96. The Morgan fingerprint density at radius 1 is 1.15 bits per heavy atom. The summed E-state index contributed by atoms with van der Waals surface area (Å²) in [5.41, 5.74) is 0.920. The van der Waals surface area contributed by atoms with Gasteiger partial charge in [0, 0.05) is 19.2 Å². The highest BCUT2D eigenvalue weighted by Gasteiger charge is 2.47. The van der Waals surface area contributed by atoms with Crippen LogP contribution in [0, 0.1) is 6.92 Å². The fourth-order valence-corrected chi connectivity index (χ4v) is 3.63. The van der Waals surface area contributed by atoms with Gasteiger partial charge in [-0.2, -0.15) is 0 Å². The molecule has 1 aliphatic carbocycles. The molecule has 2 rings (SSSR count). The summed E-state index contributed by atoms with van der Waals surface area (Å²) in [4.78, 5) is 38.9. The van der Waals surface area contributed by atoms with E-state index in [1.165, 1.54) is 6.92 Å². The van der Waals surface area contributed by atoms with Crippen LogP contribution in [0.15, 0.2) is 24.3 Å². The van der Waals surface area contributed by atoms with Gasteiger partial charge in [0.25, 0.3) is 0 Å². The van der Waals surface area contributed by atoms with Gasteiger partial charge in [0.2, 0.25) is 17.7 Å². The third-order valence-corrected chi connectivity index (χ3v) is 5.00. The Kier molecular flexibility index (Phi) is 6.77. The zero-order valence-electron chi connectivity index (χ0n) is 15.9. The fraction of sp³-hybridized carbons (Fsp3) is 0.550. The number of aryl methyl sites for hydroxylation is 1. The average molecular weight is 359 g/mol. The maximum atomic E-state index is 13.3. The Bertz CT molecular complexity index is 666. The molecule has 1 aliphatic rings. The van der Waals surface area contributed by atoms with Crippen molar-refractivity contribution < 1.29 is 14.4 Å². The van der Waals surface area contributed by atoms with E-state index in [-0.39, 0.29) is 24.3 Å². The predicted octanol–water partition coefficient (Wildman–Crippen LogP) is 2.62. The molecule has 0 aliphatic heterocycles. The Hall–Kier alpha value is -2.37. The van der Waals surface area contributed by atoms with Gasteiger partial charge in [0.05, 0.1) is 6.54 Å². The van der Waals surface area contributed by atoms with E-state index in [0.717, 1.165) is 30.5 Å². The number of carbonyl (C=O) groups excluding carboxylic acids is 3. The summed E-state index contributed by atoms with van der Waals surface area (Å²) in [5.74, 6) is -0.586. The third kappa shape index (κ3) is 4.42. The smallest absolute Gasteiger partial charge is 0.250 e. The number of hydrogen-bond donors (Lipinski definition) is 2. The second-order valence-corrected chi connectivity index (χ2v) is 6.96. The fourth-order valence-electron chi connectivity index (χ4n) is 3.63. The van der Waals surface area contributed by atoms with Crippen LogP contribution in [0.5, 0.6) is 0 Å². The van der Waals surface area contributed by atoms with E-state index in [0.29, 0.717) is 19.4 Å². The Labute approximate surface area is 155 Å². The van der Waals surface area contributed by atoms with E-state index < -0.39 is 5.54 Å². The lowest BCUT2D eigenvalue weighted by Gasteiger charge is -2.40. The van der Waals surface area contributed by atoms with Crippen molar-refractivity contribution >= 4 is 23.4 Å². The quantitative estimate of drug-likeness (QED) is 0.785. The molecule has 142 valence electrons. The van der Waals surface area contributed by atoms with Gasteiger partial charge < -0.3 is 15.5 Å². The van der Waals surface area contributed by atoms with Crippen LogP contribution in [-0.2, 0) is 14.4 Å². The van der Waals surface area contributed by atoms with Crippen molar-refractivity contribution in [2.75, 3.05) is 18.4 Å². The molecular weight excluding hydrogens is 330 g/mol. The van der Waals surface area contributed by atoms with E-state index in [1.54, 1.807) is 4.90 Å². The molecule has 0 saturated heterocycles. The standard InChI is InChI=1S/C20H29N3O3/c1-4-13-23(18(25)14-21-16(3)24)20(11-7-8-12-20)19(26)22-17-10-6-5-9-15(17)2/h5-6,9-10H,4,7-8,11-14H2,1-3H3,(H,21,24)(H,22,26). The van der Waals surface area contributed by atoms with E-state index in [9.17, 15) is 14.4 Å². The van der Waals surface area contributed by atoms with Crippen molar-refractivity contribution in [3.8, 4) is 0 Å². The van der Waals surface area contributed by atoms with Crippen LogP contribution in [0.4, 0.5) is 5.69 Å². The van der Waals surface area contributed by atoms with Crippen LogP contribution in [-0.4, -0.2) is 41.2 Å². The number of nitrogens with one attached hydrogen (secondary N) is 2. The molecule has 0 heterocycles. The monoisotopic (exact) mass is 359 g/mol. The van der Waals surface area contributed by atoms with Gasteiger partial charge >= 0.3 is 0 Å². The maximum Gasteiger partial charge on any atom is 0.250 e. The molecule has 1 aromatic carbocycles. The molecule has 3 amide bonds. The van der Waals surface area contributed by atoms with Gasteiger partial charge in [-0.25, -0.2) is 0 Å². The van der Waals surface area contributed by atoms with Crippen LogP contribution in [0.1, 0.15) is 51.5 Å². The lowest BCUT2D eigenvalue weighted by atomic mass is 9.92. The average Bonchev–Trinajstić information content (AvgIpc) is 3.10. The highest BCUT2D eigenvalue weighted by atomic mass is 16.2. The number of amides is 3. The molecule has 0 unspecified atom stereocenters. The maximum absolute atomic E-state index is 13.3. The van der Waals surface area contributed by atoms with Crippen molar-refractivity contribution in [1.82, 2.24) is 10.2 Å². The highest BCUT2D eigenvalue weighted by Crippen LogP contribution is 2.37. The van der Waals surface area contributed by atoms with E-state index >= 15 is 0 Å². The molecule has 6 heteroatoms. The van der Waals surface area contributed by atoms with Gasteiger partial charge in [0.15, 0.2) is 0 Å². The summed E-state index contributed by atoms with van der Waals surface area (Å²) in [6.07, 6.45) is 3.88. The summed E-state index contributed by atoms with van der Waals surface area (Å²) in [5, 5.41) is 5.59. The second kappa shape index (κ2) is 8.83. The zero-order chi connectivity index (χ0) is 19.2. The first-order valence-electron chi connectivity index (χ1n) is 9.32. The van der Waals surface area contributed by atoms with Crippen LogP contribution in [0.2, 0.25) is 0 Å². The van der Waals surface area contributed by atoms with Gasteiger partial charge in [-0.3, -0.25) is 14.4 Å². The molecule has 6 nitrogen and oxygen atoms in total. The summed E-state index contributed by atoms with van der Waals surface area (Å²) in [7, 11) is 0. The third-order valence-electron chi connectivity index (χ3n) is 5.00. The normalized spacial score (nSPS) is 15.3. The zero-order valence-corrected chi connectivity index (χ0v) is 15.9. The molecule has 1 saturated carbocycles. The minimum absolute atomic E-state index is 0.0747. The van der Waals surface area contributed by atoms with Crippen molar-refractivity contribution in [3.63, 3.8) is 0 Å². The summed E-state index contributed by atoms with van der Waals surface area (Å²) < 4.78 is 0. The molecule has 2 N–H and O–H groups in total. The van der Waals surface area contributed by atoms with Crippen molar-refractivity contribution in [3.05, 3.63) is 29.8 Å². The Morgan fingerprint density at radius 2 is 1.81 bits per heavy atom. The molecule has 0 radical (unpaired) electrons. The lowest BCUT2D eigenvalue weighted by molar-refractivity contribution is -0.145. The van der Waals surface area contributed by atoms with Crippen molar-refractivity contribution in [1.29, 1.82) is 0 Å². The van der Waals surface area contributed by atoms with E-state index in [2.05, 4.69) is 10.6 Å². The van der Waals surface area contributed by atoms with Gasteiger partial charge in [-0.15, -0.1) is 0 Å². The first kappa shape index (κ1) is 19.9. The van der Waals surface area contributed by atoms with E-state index in [1.807, 2.05) is 38.1 Å². The largest absolute Gasteiger partial charge is 0.347 e. The Balaban J connectivity index is 2.26. The van der Waals surface area contributed by atoms with Crippen LogP contribution >= 0.6 is 0 Å². The predicted molar refractivity (Wildman–Crippen MR) is 102 cm³/mol. The molecule has 0 atom stereocenters. The SMILES string of the molecule is CCCN(C(=O)CNC(C)=O)C1(C(=O)Nc2ccccc2C)CCCC1. The molecule has 0 bridgehead atoms. The number of carbonyl (C=O) groups is 3. The van der Waals surface area contributed by atoms with Gasteiger partial charge in [-0.1, -0.05) is 38.0 Å². The first-order valence-corrected chi connectivity index (χ1v) is 9.32. The molecule has 1 aromatic rings. The number of benzene rings is 1. The van der Waals surface area contributed by atoms with E-state index in [4.69, 9.17) is 0 Å². The molecule has 1 fully saturated rings. The number of nitrogens with zero attached hydrogens (tertiary/aromatic N) is 1. The van der Waals surface area contributed by atoms with Crippen molar-refractivity contribution in [2.45, 2.75) is 58.4 Å². The van der Waals surface area contributed by atoms with Crippen molar-refractivity contribution in [2.24, 2.45) is 0 Å². The van der Waals surface area contributed by atoms with Gasteiger partial charge in [-0.05, 0) is 37.8 Å². The molecule has 26 heavy (non-hydrogen) atoms. The number of hydrogen-bond acceptors (Lipinski definition) is 3. The lowest BCUT2D eigenvalue weighted by Crippen LogP contribution is -2.59. The van der Waals surface area contributed by atoms with Crippen LogP contribution in [0.25, 0.3) is 0 Å². The highest BCUT2D eigenvalue weighted by molar-refractivity contribution is 6.01. The minimum Gasteiger partial charge on any atom is -0.347 e. The molecule has 0 spiro atoms. The van der Waals surface area contributed by atoms with Crippen LogP contribution < -0.4 is 10.6 Å². The first-order chi connectivity index (χ1) is 12.4. The number of para-hydroxylation sites is 1. The molecular formula is C20H29N3O3. The minimum atomic E-state index is -0.839. The number of anilines is 1. The summed E-state index contributed by atoms with van der Waals surface area (Å²) in [6.45, 7) is 5.74. The topological polar surface area (TPSA) is 78.5 Å². The molecule has 0 aromatic heterocycles. The van der Waals surface area contributed by atoms with Gasteiger partial charge in [0.1, 0.15) is 5.54 Å². The summed E-state index contributed by atoms with van der Waals surface area (Å²) >= 11 is 0. The van der Waals surface area contributed by atoms with Crippen LogP contribution in [0.3, 0.4) is 0 Å².